The third kappa shape index (κ3) is 5.84. The Balaban J connectivity index is 2.00. The smallest absolute Gasteiger partial charge is 0.416 e. The van der Waals surface area contributed by atoms with E-state index in [9.17, 15) is 26.4 Å². The standard InChI is InChI=1S/C21H22F3NO5S/c1-25(12-18-13-30-18)31(27,28)19-10-16(9-17(11-19)21(22,23)24)15-5-3-4-14(8-15)6-7-20(26)29-2/h3-5,8-11,18H,6-7,12-13H2,1-2H3. The molecule has 6 nitrogen and oxygen atoms in total. The normalized spacial score (nSPS) is 16.4. The fourth-order valence-electron chi connectivity index (χ4n) is 3.07. The molecular formula is C21H22F3NO5S. The maximum absolute atomic E-state index is 13.5. The van der Waals surface area contributed by atoms with Crippen LogP contribution in [0.3, 0.4) is 0 Å². The molecule has 0 bridgehead atoms. The topological polar surface area (TPSA) is 76.2 Å². The lowest BCUT2D eigenvalue weighted by Crippen LogP contribution is -2.30. The maximum atomic E-state index is 13.5. The van der Waals surface area contributed by atoms with Gasteiger partial charge in [0.15, 0.2) is 0 Å². The van der Waals surface area contributed by atoms with Gasteiger partial charge in [0.05, 0.1) is 30.3 Å². The molecule has 1 fully saturated rings. The molecule has 1 unspecified atom stereocenters. The van der Waals surface area contributed by atoms with Crippen molar-refractivity contribution in [3.8, 4) is 11.1 Å². The van der Waals surface area contributed by atoms with Gasteiger partial charge >= 0.3 is 12.1 Å². The highest BCUT2D eigenvalue weighted by atomic mass is 32.2. The second-order valence-electron chi connectivity index (χ2n) is 7.26. The molecule has 0 N–H and O–H groups in total. The van der Waals surface area contributed by atoms with E-state index in [-0.39, 0.29) is 24.6 Å². The van der Waals surface area contributed by atoms with Gasteiger partial charge in [-0.05, 0) is 41.3 Å². The first-order valence-corrected chi connectivity index (χ1v) is 10.9. The van der Waals surface area contributed by atoms with Gasteiger partial charge in [-0.2, -0.15) is 17.5 Å². The van der Waals surface area contributed by atoms with Gasteiger partial charge in [0.1, 0.15) is 0 Å². The first-order chi connectivity index (χ1) is 14.5. The molecule has 0 amide bonds. The third-order valence-corrected chi connectivity index (χ3v) is 6.71. The van der Waals surface area contributed by atoms with Crippen LogP contribution in [0.5, 0.6) is 0 Å². The number of ether oxygens (including phenoxy) is 2. The largest absolute Gasteiger partial charge is 0.469 e. The zero-order chi connectivity index (χ0) is 22.8. The van der Waals surface area contributed by atoms with Gasteiger partial charge < -0.3 is 9.47 Å². The van der Waals surface area contributed by atoms with Crippen LogP contribution in [-0.2, 0) is 36.9 Å². The summed E-state index contributed by atoms with van der Waals surface area (Å²) in [6.45, 7) is 0.489. The van der Waals surface area contributed by atoms with Crippen LogP contribution in [-0.4, -0.2) is 52.1 Å². The Bertz CT molecular complexity index is 1060. The minimum Gasteiger partial charge on any atom is -0.469 e. The van der Waals surface area contributed by atoms with E-state index in [2.05, 4.69) is 4.74 Å². The average molecular weight is 457 g/mol. The van der Waals surface area contributed by atoms with Crippen LogP contribution in [0.15, 0.2) is 47.4 Å². The summed E-state index contributed by atoms with van der Waals surface area (Å²) in [4.78, 5) is 10.9. The van der Waals surface area contributed by atoms with Crippen LogP contribution in [0, 0.1) is 0 Å². The van der Waals surface area contributed by atoms with E-state index in [0.29, 0.717) is 30.2 Å². The number of epoxide rings is 1. The second-order valence-corrected chi connectivity index (χ2v) is 9.31. The number of sulfonamides is 1. The van der Waals surface area contributed by atoms with E-state index < -0.39 is 32.6 Å². The van der Waals surface area contributed by atoms with Crippen molar-refractivity contribution in [2.24, 2.45) is 0 Å². The second kappa shape index (κ2) is 8.97. The van der Waals surface area contributed by atoms with E-state index in [1.807, 2.05) is 0 Å². The lowest BCUT2D eigenvalue weighted by molar-refractivity contribution is -0.140. The van der Waals surface area contributed by atoms with Crippen molar-refractivity contribution >= 4 is 16.0 Å². The summed E-state index contributed by atoms with van der Waals surface area (Å²) in [5.74, 6) is -0.402. The fraction of sp³-hybridized carbons (Fsp3) is 0.381. The highest BCUT2D eigenvalue weighted by Crippen LogP contribution is 2.35. The molecule has 1 heterocycles. The summed E-state index contributed by atoms with van der Waals surface area (Å²) in [7, 11) is -1.57. The summed E-state index contributed by atoms with van der Waals surface area (Å²) < 4.78 is 77.0. The Labute approximate surface area is 178 Å². The molecule has 1 aliphatic rings. The van der Waals surface area contributed by atoms with Crippen molar-refractivity contribution in [1.82, 2.24) is 4.31 Å². The van der Waals surface area contributed by atoms with Crippen LogP contribution in [0.2, 0.25) is 0 Å². The van der Waals surface area contributed by atoms with E-state index in [1.165, 1.54) is 20.2 Å². The Hall–Kier alpha value is -2.43. The molecule has 10 heteroatoms. The molecule has 0 spiro atoms. The number of hydrogen-bond acceptors (Lipinski definition) is 5. The summed E-state index contributed by atoms with van der Waals surface area (Å²) >= 11 is 0. The Morgan fingerprint density at radius 3 is 2.52 bits per heavy atom. The van der Waals surface area contributed by atoms with Crippen LogP contribution in [0.4, 0.5) is 13.2 Å². The first-order valence-electron chi connectivity index (χ1n) is 9.47. The number of halogens is 3. The van der Waals surface area contributed by atoms with Crippen LogP contribution in [0.25, 0.3) is 11.1 Å². The van der Waals surface area contributed by atoms with Crippen molar-refractivity contribution in [2.75, 3.05) is 27.3 Å². The van der Waals surface area contributed by atoms with Crippen LogP contribution < -0.4 is 0 Å². The monoisotopic (exact) mass is 457 g/mol. The van der Waals surface area contributed by atoms with Crippen molar-refractivity contribution in [3.05, 3.63) is 53.6 Å². The molecule has 1 atom stereocenters. The molecule has 2 aromatic rings. The quantitative estimate of drug-likeness (QED) is 0.448. The van der Waals surface area contributed by atoms with Gasteiger partial charge in [-0.3, -0.25) is 4.79 Å². The van der Waals surface area contributed by atoms with Gasteiger partial charge in [-0.15, -0.1) is 0 Å². The summed E-state index contributed by atoms with van der Waals surface area (Å²) in [6, 6.07) is 9.40. The highest BCUT2D eigenvalue weighted by molar-refractivity contribution is 7.89. The predicted octanol–water partition coefficient (Wildman–Crippen LogP) is 3.50. The molecule has 0 aromatic heterocycles. The Kier molecular flexibility index (Phi) is 6.73. The summed E-state index contributed by atoms with van der Waals surface area (Å²) in [6.07, 6.45) is -4.50. The Morgan fingerprint density at radius 2 is 1.90 bits per heavy atom. The Morgan fingerprint density at radius 1 is 1.19 bits per heavy atom. The number of rotatable bonds is 8. The van der Waals surface area contributed by atoms with E-state index in [1.54, 1.807) is 24.3 Å². The molecule has 0 radical (unpaired) electrons. The summed E-state index contributed by atoms with van der Waals surface area (Å²) in [5.41, 5.74) is 0.190. The van der Waals surface area contributed by atoms with Gasteiger partial charge in [-0.25, -0.2) is 8.42 Å². The molecule has 1 aliphatic heterocycles. The van der Waals surface area contributed by atoms with Crippen molar-refractivity contribution < 1.29 is 35.9 Å². The van der Waals surface area contributed by atoms with Gasteiger partial charge in [-0.1, -0.05) is 24.3 Å². The van der Waals surface area contributed by atoms with E-state index in [0.717, 1.165) is 10.4 Å². The molecule has 168 valence electrons. The number of alkyl halides is 3. The van der Waals surface area contributed by atoms with Crippen LogP contribution in [0.1, 0.15) is 17.5 Å². The number of carbonyl (C=O) groups excluding carboxylic acids is 1. The lowest BCUT2D eigenvalue weighted by Gasteiger charge is -2.18. The van der Waals surface area contributed by atoms with Gasteiger partial charge in [0, 0.05) is 20.0 Å². The van der Waals surface area contributed by atoms with Crippen molar-refractivity contribution in [3.63, 3.8) is 0 Å². The number of hydrogen-bond donors (Lipinski definition) is 0. The third-order valence-electron chi connectivity index (χ3n) is 4.91. The molecule has 1 saturated heterocycles. The molecule has 31 heavy (non-hydrogen) atoms. The van der Waals surface area contributed by atoms with Crippen LogP contribution >= 0.6 is 0 Å². The molecular weight excluding hydrogens is 435 g/mol. The van der Waals surface area contributed by atoms with E-state index >= 15 is 0 Å². The van der Waals surface area contributed by atoms with Crippen molar-refractivity contribution in [1.29, 1.82) is 0 Å². The number of nitrogens with zero attached hydrogens (tertiary/aromatic N) is 1. The number of carbonyl (C=O) groups is 1. The first kappa shape index (κ1) is 23.2. The number of aryl methyl sites for hydroxylation is 1. The number of likely N-dealkylation sites (N-methyl/N-ethyl adjacent to an activating group) is 1. The van der Waals surface area contributed by atoms with Gasteiger partial charge in [0.25, 0.3) is 0 Å². The predicted molar refractivity (Wildman–Crippen MR) is 107 cm³/mol. The molecule has 0 aliphatic carbocycles. The van der Waals surface area contributed by atoms with Crippen molar-refractivity contribution in [2.45, 2.75) is 30.0 Å². The zero-order valence-corrected chi connectivity index (χ0v) is 17.8. The highest BCUT2D eigenvalue weighted by Gasteiger charge is 2.35. The number of methoxy groups -OCH3 is 1. The number of esters is 1. The minimum absolute atomic E-state index is 0.0664. The average Bonchev–Trinajstić information content (AvgIpc) is 3.55. The lowest BCUT2D eigenvalue weighted by atomic mass is 9.99. The molecule has 3 rings (SSSR count). The molecule has 0 saturated carbocycles. The zero-order valence-electron chi connectivity index (χ0n) is 17.0. The van der Waals surface area contributed by atoms with E-state index in [4.69, 9.17) is 4.74 Å². The molecule has 2 aromatic carbocycles. The maximum Gasteiger partial charge on any atom is 0.416 e. The number of benzene rings is 2. The summed E-state index contributed by atoms with van der Waals surface area (Å²) in [5, 5.41) is 0. The fourth-order valence-corrected chi connectivity index (χ4v) is 4.35. The minimum atomic E-state index is -4.72. The van der Waals surface area contributed by atoms with Gasteiger partial charge in [0.2, 0.25) is 10.0 Å². The SMILES string of the molecule is COC(=O)CCc1cccc(-c2cc(C(F)(F)F)cc(S(=O)(=O)N(C)CC3CO3)c2)c1.